The SMILES string of the molecule is Cc1sc2ncnc(Nc3ccc(N4CCCCC4)cc3)c2c1-c1ccc(Br)cc1. The first kappa shape index (κ1) is 19.5. The van der Waals surface area contributed by atoms with Crippen LogP contribution >= 0.6 is 27.3 Å². The van der Waals surface area contributed by atoms with Crippen molar-refractivity contribution in [2.24, 2.45) is 0 Å². The van der Waals surface area contributed by atoms with Crippen LogP contribution in [0.5, 0.6) is 0 Å². The molecule has 2 aromatic heterocycles. The van der Waals surface area contributed by atoms with E-state index in [2.05, 4.69) is 91.6 Å². The number of benzene rings is 2. The molecule has 30 heavy (non-hydrogen) atoms. The highest BCUT2D eigenvalue weighted by molar-refractivity contribution is 9.10. The molecule has 4 aromatic rings. The van der Waals surface area contributed by atoms with Gasteiger partial charge in [-0.3, -0.25) is 0 Å². The molecule has 152 valence electrons. The maximum atomic E-state index is 4.60. The molecule has 2 aromatic carbocycles. The number of aryl methyl sites for hydroxylation is 1. The van der Waals surface area contributed by atoms with Crippen molar-refractivity contribution in [3.8, 4) is 11.1 Å². The summed E-state index contributed by atoms with van der Waals surface area (Å²) < 4.78 is 1.08. The second-order valence-corrected chi connectivity index (χ2v) is 9.78. The van der Waals surface area contributed by atoms with Gasteiger partial charge in [-0.1, -0.05) is 28.1 Å². The van der Waals surface area contributed by atoms with Crippen molar-refractivity contribution in [2.45, 2.75) is 26.2 Å². The fourth-order valence-electron chi connectivity index (χ4n) is 4.15. The van der Waals surface area contributed by atoms with E-state index in [1.165, 1.54) is 41.0 Å². The minimum Gasteiger partial charge on any atom is -0.372 e. The van der Waals surface area contributed by atoms with E-state index in [0.717, 1.165) is 39.3 Å². The van der Waals surface area contributed by atoms with Gasteiger partial charge in [-0.25, -0.2) is 9.97 Å². The Morgan fingerprint density at radius 1 is 0.933 bits per heavy atom. The molecule has 3 heterocycles. The number of thiophene rings is 1. The van der Waals surface area contributed by atoms with E-state index in [1.54, 1.807) is 17.7 Å². The minimum absolute atomic E-state index is 0.855. The summed E-state index contributed by atoms with van der Waals surface area (Å²) in [6.45, 7) is 4.47. The fourth-order valence-corrected chi connectivity index (χ4v) is 5.42. The molecular weight excluding hydrogens is 456 g/mol. The normalized spacial score (nSPS) is 14.3. The lowest BCUT2D eigenvalue weighted by Crippen LogP contribution is -2.29. The molecule has 1 saturated heterocycles. The Labute approximate surface area is 189 Å². The van der Waals surface area contributed by atoms with Gasteiger partial charge >= 0.3 is 0 Å². The first-order valence-corrected chi connectivity index (χ1v) is 11.9. The van der Waals surface area contributed by atoms with E-state index in [9.17, 15) is 0 Å². The third-order valence-electron chi connectivity index (χ3n) is 5.65. The van der Waals surface area contributed by atoms with Gasteiger partial charge in [0, 0.05) is 39.4 Å². The molecule has 0 radical (unpaired) electrons. The van der Waals surface area contributed by atoms with Crippen LogP contribution in [0.15, 0.2) is 59.3 Å². The molecule has 0 unspecified atom stereocenters. The number of rotatable bonds is 4. The van der Waals surface area contributed by atoms with Gasteiger partial charge in [0.05, 0.1) is 5.39 Å². The molecule has 0 saturated carbocycles. The van der Waals surface area contributed by atoms with Crippen molar-refractivity contribution < 1.29 is 0 Å². The van der Waals surface area contributed by atoms with Gasteiger partial charge in [-0.2, -0.15) is 0 Å². The van der Waals surface area contributed by atoms with Gasteiger partial charge in [0.25, 0.3) is 0 Å². The zero-order valence-corrected chi connectivity index (χ0v) is 19.3. The second kappa shape index (κ2) is 8.36. The Hall–Kier alpha value is -2.44. The molecule has 1 aliphatic rings. The van der Waals surface area contributed by atoms with Gasteiger partial charge in [0.1, 0.15) is 17.0 Å². The summed E-state index contributed by atoms with van der Waals surface area (Å²) in [7, 11) is 0. The maximum absolute atomic E-state index is 4.60. The molecule has 0 spiro atoms. The van der Waals surface area contributed by atoms with Crippen LogP contribution in [-0.4, -0.2) is 23.1 Å². The van der Waals surface area contributed by atoms with Gasteiger partial charge in [-0.05, 0) is 68.1 Å². The van der Waals surface area contributed by atoms with E-state index < -0.39 is 0 Å². The smallest absolute Gasteiger partial charge is 0.143 e. The van der Waals surface area contributed by atoms with Crippen LogP contribution in [0.3, 0.4) is 0 Å². The highest BCUT2D eigenvalue weighted by atomic mass is 79.9. The molecule has 1 fully saturated rings. The molecule has 5 rings (SSSR count). The van der Waals surface area contributed by atoms with Crippen molar-refractivity contribution in [1.29, 1.82) is 0 Å². The van der Waals surface area contributed by atoms with Crippen molar-refractivity contribution in [1.82, 2.24) is 9.97 Å². The summed E-state index contributed by atoms with van der Waals surface area (Å²) in [6.07, 6.45) is 5.57. The van der Waals surface area contributed by atoms with Crippen LogP contribution in [0.2, 0.25) is 0 Å². The van der Waals surface area contributed by atoms with Crippen molar-refractivity contribution in [2.75, 3.05) is 23.3 Å². The molecule has 1 N–H and O–H groups in total. The zero-order chi connectivity index (χ0) is 20.5. The molecule has 1 aliphatic heterocycles. The summed E-state index contributed by atoms with van der Waals surface area (Å²) in [5, 5.41) is 4.63. The molecule has 0 aliphatic carbocycles. The Kier molecular flexibility index (Phi) is 5.44. The van der Waals surface area contributed by atoms with Crippen LogP contribution in [0, 0.1) is 6.92 Å². The zero-order valence-electron chi connectivity index (χ0n) is 16.9. The standard InChI is InChI=1S/C24H23BrN4S/c1-16-21(17-5-7-18(25)8-6-17)22-23(26-15-27-24(22)30-16)28-19-9-11-20(12-10-19)29-13-3-2-4-14-29/h5-12,15H,2-4,13-14H2,1H3,(H,26,27,28). The lowest BCUT2D eigenvalue weighted by Gasteiger charge is -2.28. The number of hydrogen-bond donors (Lipinski definition) is 1. The van der Waals surface area contributed by atoms with Crippen molar-refractivity contribution in [3.05, 3.63) is 64.2 Å². The molecule has 0 amide bonds. The summed E-state index contributed by atoms with van der Waals surface area (Å²) in [4.78, 5) is 13.9. The predicted molar refractivity (Wildman–Crippen MR) is 131 cm³/mol. The van der Waals surface area contributed by atoms with Crippen LogP contribution in [0.1, 0.15) is 24.1 Å². The van der Waals surface area contributed by atoms with Crippen LogP contribution in [0.4, 0.5) is 17.2 Å². The second-order valence-electron chi connectivity index (χ2n) is 7.66. The monoisotopic (exact) mass is 478 g/mol. The Balaban J connectivity index is 1.49. The highest BCUT2D eigenvalue weighted by Gasteiger charge is 2.17. The number of nitrogens with one attached hydrogen (secondary N) is 1. The number of halogens is 1. The molecule has 0 bridgehead atoms. The third-order valence-corrected chi connectivity index (χ3v) is 7.19. The lowest BCUT2D eigenvalue weighted by molar-refractivity contribution is 0.578. The van der Waals surface area contributed by atoms with Crippen LogP contribution in [0.25, 0.3) is 21.3 Å². The largest absolute Gasteiger partial charge is 0.372 e. The molecule has 4 nitrogen and oxygen atoms in total. The van der Waals surface area contributed by atoms with Crippen LogP contribution in [-0.2, 0) is 0 Å². The third kappa shape index (κ3) is 3.82. The number of nitrogens with zero attached hydrogens (tertiary/aromatic N) is 3. The van der Waals surface area contributed by atoms with Gasteiger partial charge < -0.3 is 10.2 Å². The van der Waals surface area contributed by atoms with Gasteiger partial charge in [0.2, 0.25) is 0 Å². The summed E-state index contributed by atoms with van der Waals surface area (Å²) in [5.74, 6) is 0.855. The van der Waals surface area contributed by atoms with Crippen molar-refractivity contribution in [3.63, 3.8) is 0 Å². The predicted octanol–water partition coefficient (Wildman–Crippen LogP) is 7.16. The molecule has 0 atom stereocenters. The molecule has 6 heteroatoms. The quantitative estimate of drug-likeness (QED) is 0.337. The first-order valence-electron chi connectivity index (χ1n) is 10.3. The summed E-state index contributed by atoms with van der Waals surface area (Å²) in [6, 6.07) is 17.2. The van der Waals surface area contributed by atoms with E-state index in [0.29, 0.717) is 0 Å². The summed E-state index contributed by atoms with van der Waals surface area (Å²) in [5.41, 5.74) is 4.73. The average Bonchev–Trinajstić information content (AvgIpc) is 3.12. The summed E-state index contributed by atoms with van der Waals surface area (Å²) >= 11 is 5.25. The lowest BCUT2D eigenvalue weighted by atomic mass is 10.0. The Bertz CT molecular complexity index is 1160. The van der Waals surface area contributed by atoms with Gasteiger partial charge in [-0.15, -0.1) is 11.3 Å². The Morgan fingerprint density at radius 3 is 2.40 bits per heavy atom. The Morgan fingerprint density at radius 2 is 1.67 bits per heavy atom. The van der Waals surface area contributed by atoms with E-state index >= 15 is 0 Å². The molecular formula is C24H23BrN4S. The minimum atomic E-state index is 0.855. The number of aromatic nitrogens is 2. The number of fused-ring (bicyclic) bond motifs is 1. The number of anilines is 3. The topological polar surface area (TPSA) is 41.1 Å². The number of piperidine rings is 1. The number of hydrogen-bond acceptors (Lipinski definition) is 5. The van der Waals surface area contributed by atoms with Gasteiger partial charge in [0.15, 0.2) is 0 Å². The fraction of sp³-hybridized carbons (Fsp3) is 0.250. The van der Waals surface area contributed by atoms with E-state index in [-0.39, 0.29) is 0 Å². The van der Waals surface area contributed by atoms with Crippen LogP contribution < -0.4 is 10.2 Å². The highest BCUT2D eigenvalue weighted by Crippen LogP contribution is 2.41. The maximum Gasteiger partial charge on any atom is 0.143 e. The van der Waals surface area contributed by atoms with E-state index in [4.69, 9.17) is 0 Å². The van der Waals surface area contributed by atoms with E-state index in [1.807, 2.05) is 0 Å². The van der Waals surface area contributed by atoms with Crippen molar-refractivity contribution >= 4 is 54.7 Å². The first-order chi connectivity index (χ1) is 14.7. The average molecular weight is 479 g/mol.